The average molecular weight is 400 g/mol. The molecule has 1 saturated carbocycles. The molecular weight excluding hydrogens is 370 g/mol. The highest BCUT2D eigenvalue weighted by Gasteiger charge is 2.38. The molecule has 2 aromatic carbocycles. The summed E-state index contributed by atoms with van der Waals surface area (Å²) in [6, 6.07) is 19.1. The van der Waals surface area contributed by atoms with E-state index in [1.54, 1.807) is 0 Å². The third kappa shape index (κ3) is 4.86. The van der Waals surface area contributed by atoms with E-state index in [1.807, 2.05) is 30.3 Å². The van der Waals surface area contributed by atoms with Crippen LogP contribution in [0.25, 0.3) is 0 Å². The predicted molar refractivity (Wildman–Crippen MR) is 118 cm³/mol. The van der Waals surface area contributed by atoms with Gasteiger partial charge < -0.3 is 16.0 Å². The molecule has 4 atom stereocenters. The molecule has 2 fully saturated rings. The Morgan fingerprint density at radius 1 is 1.00 bits per heavy atom. The molecule has 1 aliphatic heterocycles. The zero-order valence-electron chi connectivity index (χ0n) is 16.4. The lowest BCUT2D eigenvalue weighted by Gasteiger charge is -2.24. The number of nitrogens with one attached hydrogen (secondary N) is 3. The maximum absolute atomic E-state index is 12.6. The summed E-state index contributed by atoms with van der Waals surface area (Å²) in [6.45, 7) is 2.15. The summed E-state index contributed by atoms with van der Waals surface area (Å²) in [5, 5.41) is 10.1. The molecule has 0 aromatic heterocycles. The summed E-state index contributed by atoms with van der Waals surface area (Å²) >= 11 is 0. The van der Waals surface area contributed by atoms with Crippen LogP contribution >= 0.6 is 12.4 Å². The SMILES string of the molecule is CC(Nc1ccc(NC(=O)C2CC3CCCCC3N2)cc1)c1ccccc1.Cl. The van der Waals surface area contributed by atoms with E-state index in [0.29, 0.717) is 12.0 Å². The third-order valence-corrected chi connectivity index (χ3v) is 6.01. The number of anilines is 2. The minimum atomic E-state index is -0.0472. The molecule has 2 aliphatic rings. The molecular formula is C23H30ClN3O. The molecule has 0 radical (unpaired) electrons. The van der Waals surface area contributed by atoms with Crippen molar-refractivity contribution in [3.8, 4) is 0 Å². The van der Waals surface area contributed by atoms with Gasteiger partial charge in [0, 0.05) is 23.5 Å². The van der Waals surface area contributed by atoms with Gasteiger partial charge >= 0.3 is 0 Å². The van der Waals surface area contributed by atoms with Gasteiger partial charge in [-0.15, -0.1) is 12.4 Å². The monoisotopic (exact) mass is 399 g/mol. The van der Waals surface area contributed by atoms with E-state index in [-0.39, 0.29) is 30.4 Å². The summed E-state index contributed by atoms with van der Waals surface area (Å²) in [5.74, 6) is 0.781. The van der Waals surface area contributed by atoms with Crippen LogP contribution in [0.3, 0.4) is 0 Å². The Balaban J connectivity index is 0.00000225. The van der Waals surface area contributed by atoms with Crippen LogP contribution in [0.1, 0.15) is 50.6 Å². The number of benzene rings is 2. The van der Waals surface area contributed by atoms with E-state index in [4.69, 9.17) is 0 Å². The third-order valence-electron chi connectivity index (χ3n) is 6.01. The molecule has 150 valence electrons. The molecule has 4 rings (SSSR count). The number of carbonyl (C=O) groups is 1. The molecule has 0 spiro atoms. The summed E-state index contributed by atoms with van der Waals surface area (Å²) in [7, 11) is 0. The lowest BCUT2D eigenvalue weighted by molar-refractivity contribution is -0.117. The maximum Gasteiger partial charge on any atom is 0.241 e. The second-order valence-corrected chi connectivity index (χ2v) is 7.95. The summed E-state index contributed by atoms with van der Waals surface area (Å²) in [5.41, 5.74) is 3.16. The first-order valence-corrected chi connectivity index (χ1v) is 10.2. The minimum absolute atomic E-state index is 0. The molecule has 1 amide bonds. The number of fused-ring (bicyclic) bond motifs is 1. The first kappa shape index (κ1) is 20.7. The molecule has 4 unspecified atom stereocenters. The summed E-state index contributed by atoms with van der Waals surface area (Å²) < 4.78 is 0. The molecule has 1 saturated heterocycles. The van der Waals surface area contributed by atoms with Gasteiger partial charge in [-0.2, -0.15) is 0 Å². The van der Waals surface area contributed by atoms with Gasteiger partial charge in [-0.05, 0) is 61.9 Å². The van der Waals surface area contributed by atoms with Crippen LogP contribution in [-0.2, 0) is 4.79 Å². The van der Waals surface area contributed by atoms with Crippen molar-refractivity contribution in [1.29, 1.82) is 0 Å². The van der Waals surface area contributed by atoms with Crippen LogP contribution in [0.4, 0.5) is 11.4 Å². The van der Waals surface area contributed by atoms with Gasteiger partial charge in [-0.25, -0.2) is 0 Å². The quantitative estimate of drug-likeness (QED) is 0.652. The molecule has 2 aromatic rings. The largest absolute Gasteiger partial charge is 0.379 e. The molecule has 1 heterocycles. The lowest BCUT2D eigenvalue weighted by Crippen LogP contribution is -2.39. The van der Waals surface area contributed by atoms with E-state index in [1.165, 1.54) is 31.2 Å². The molecule has 1 aliphatic carbocycles. The van der Waals surface area contributed by atoms with E-state index in [2.05, 4.69) is 47.1 Å². The molecule has 3 N–H and O–H groups in total. The molecule has 28 heavy (non-hydrogen) atoms. The smallest absolute Gasteiger partial charge is 0.241 e. The second kappa shape index (κ2) is 9.44. The highest BCUT2D eigenvalue weighted by molar-refractivity contribution is 5.95. The van der Waals surface area contributed by atoms with Crippen LogP contribution in [-0.4, -0.2) is 18.0 Å². The zero-order chi connectivity index (χ0) is 18.6. The van der Waals surface area contributed by atoms with Crippen molar-refractivity contribution in [2.75, 3.05) is 10.6 Å². The first-order chi connectivity index (χ1) is 13.2. The van der Waals surface area contributed by atoms with E-state index in [9.17, 15) is 4.79 Å². The number of hydrogen-bond donors (Lipinski definition) is 3. The van der Waals surface area contributed by atoms with Crippen molar-refractivity contribution in [2.45, 2.75) is 57.2 Å². The number of amides is 1. The van der Waals surface area contributed by atoms with Gasteiger partial charge in [0.15, 0.2) is 0 Å². The van der Waals surface area contributed by atoms with Crippen molar-refractivity contribution in [3.63, 3.8) is 0 Å². The number of rotatable bonds is 5. The van der Waals surface area contributed by atoms with Crippen molar-refractivity contribution in [1.82, 2.24) is 5.32 Å². The highest BCUT2D eigenvalue weighted by Crippen LogP contribution is 2.33. The van der Waals surface area contributed by atoms with Crippen molar-refractivity contribution in [2.24, 2.45) is 5.92 Å². The Bertz CT molecular complexity index is 751. The van der Waals surface area contributed by atoms with E-state index >= 15 is 0 Å². The second-order valence-electron chi connectivity index (χ2n) is 7.95. The molecule has 4 nitrogen and oxygen atoms in total. The van der Waals surface area contributed by atoms with Gasteiger partial charge in [0.2, 0.25) is 5.91 Å². The van der Waals surface area contributed by atoms with Crippen molar-refractivity contribution < 1.29 is 4.79 Å². The van der Waals surface area contributed by atoms with Gasteiger partial charge in [0.25, 0.3) is 0 Å². The Labute approximate surface area is 173 Å². The van der Waals surface area contributed by atoms with E-state index in [0.717, 1.165) is 17.8 Å². The predicted octanol–water partition coefficient (Wildman–Crippen LogP) is 5.14. The van der Waals surface area contributed by atoms with Gasteiger partial charge in [0.1, 0.15) is 0 Å². The fraction of sp³-hybridized carbons (Fsp3) is 0.435. The van der Waals surface area contributed by atoms with E-state index < -0.39 is 0 Å². The van der Waals surface area contributed by atoms with Crippen LogP contribution in [0.5, 0.6) is 0 Å². The Hall–Kier alpha value is -2.04. The number of halogens is 1. The molecule has 5 heteroatoms. The van der Waals surface area contributed by atoms with Gasteiger partial charge in [0.05, 0.1) is 6.04 Å². The zero-order valence-corrected chi connectivity index (χ0v) is 17.2. The van der Waals surface area contributed by atoms with Crippen LogP contribution < -0.4 is 16.0 Å². The van der Waals surface area contributed by atoms with Crippen LogP contribution in [0.15, 0.2) is 54.6 Å². The highest BCUT2D eigenvalue weighted by atomic mass is 35.5. The Morgan fingerprint density at radius 2 is 1.68 bits per heavy atom. The summed E-state index contributed by atoms with van der Waals surface area (Å²) in [4.78, 5) is 12.6. The topological polar surface area (TPSA) is 53.2 Å². The van der Waals surface area contributed by atoms with Crippen LogP contribution in [0.2, 0.25) is 0 Å². The molecule has 0 bridgehead atoms. The average Bonchev–Trinajstić information content (AvgIpc) is 3.14. The minimum Gasteiger partial charge on any atom is -0.379 e. The lowest BCUT2D eigenvalue weighted by atomic mass is 9.85. The fourth-order valence-electron chi connectivity index (χ4n) is 4.48. The fourth-order valence-corrected chi connectivity index (χ4v) is 4.48. The Kier molecular flexibility index (Phi) is 6.97. The normalized spacial score (nSPS) is 24.5. The number of hydrogen-bond acceptors (Lipinski definition) is 3. The van der Waals surface area contributed by atoms with Crippen molar-refractivity contribution in [3.05, 3.63) is 60.2 Å². The number of carbonyl (C=O) groups excluding carboxylic acids is 1. The first-order valence-electron chi connectivity index (χ1n) is 10.2. The standard InChI is InChI=1S/C23H29N3O.ClH/c1-16(17-7-3-2-4-8-17)24-19-11-13-20(14-12-19)25-23(27)22-15-18-9-5-6-10-21(18)26-22;/h2-4,7-8,11-14,16,18,21-22,24,26H,5-6,9-10,15H2,1H3,(H,25,27);1H. The summed E-state index contributed by atoms with van der Waals surface area (Å²) in [6.07, 6.45) is 6.06. The Morgan fingerprint density at radius 3 is 2.39 bits per heavy atom. The van der Waals surface area contributed by atoms with Gasteiger partial charge in [-0.3, -0.25) is 4.79 Å². The van der Waals surface area contributed by atoms with Gasteiger partial charge in [-0.1, -0.05) is 43.2 Å². The van der Waals surface area contributed by atoms with Crippen molar-refractivity contribution >= 4 is 29.7 Å². The maximum atomic E-state index is 12.6. The van der Waals surface area contributed by atoms with Crippen LogP contribution in [0, 0.1) is 5.92 Å².